The van der Waals surface area contributed by atoms with E-state index in [9.17, 15) is 13.2 Å². The molecule has 31 heavy (non-hydrogen) atoms. The molecule has 7 heteroatoms. The molecular weight excluding hydrogens is 412 g/mol. The SMILES string of the molecule is CC(C)(C)c1ccc(S(=O)(=O)NCc2ccc(C(=O)NCCc3ccco3)cc2)cc1. The molecule has 3 rings (SSSR count). The van der Waals surface area contributed by atoms with Crippen molar-refractivity contribution in [2.24, 2.45) is 0 Å². The lowest BCUT2D eigenvalue weighted by Crippen LogP contribution is -2.26. The molecule has 6 nitrogen and oxygen atoms in total. The zero-order valence-electron chi connectivity index (χ0n) is 18.0. The lowest BCUT2D eigenvalue weighted by Gasteiger charge is -2.19. The predicted molar refractivity (Wildman–Crippen MR) is 120 cm³/mol. The van der Waals surface area contributed by atoms with Crippen molar-refractivity contribution in [2.75, 3.05) is 6.54 Å². The van der Waals surface area contributed by atoms with Gasteiger partial charge in [0.1, 0.15) is 5.76 Å². The van der Waals surface area contributed by atoms with Crippen molar-refractivity contribution in [1.29, 1.82) is 0 Å². The van der Waals surface area contributed by atoms with Crippen LogP contribution in [0.5, 0.6) is 0 Å². The number of carbonyl (C=O) groups excluding carboxylic acids is 1. The van der Waals surface area contributed by atoms with Crippen LogP contribution in [0, 0.1) is 0 Å². The van der Waals surface area contributed by atoms with Crippen LogP contribution < -0.4 is 10.0 Å². The molecule has 0 fully saturated rings. The summed E-state index contributed by atoms with van der Waals surface area (Å²) in [5.74, 6) is 0.633. The van der Waals surface area contributed by atoms with Gasteiger partial charge in [-0.15, -0.1) is 0 Å². The summed E-state index contributed by atoms with van der Waals surface area (Å²) in [7, 11) is -3.62. The normalized spacial score (nSPS) is 12.0. The maximum absolute atomic E-state index is 12.6. The summed E-state index contributed by atoms with van der Waals surface area (Å²) in [5.41, 5.74) is 2.32. The summed E-state index contributed by atoms with van der Waals surface area (Å²) in [6.07, 6.45) is 2.22. The molecule has 164 valence electrons. The number of carbonyl (C=O) groups is 1. The van der Waals surface area contributed by atoms with Crippen molar-refractivity contribution in [3.8, 4) is 0 Å². The summed E-state index contributed by atoms with van der Waals surface area (Å²) >= 11 is 0. The Labute approximate surface area is 183 Å². The highest BCUT2D eigenvalue weighted by Gasteiger charge is 2.17. The Hall–Kier alpha value is -2.90. The highest BCUT2D eigenvalue weighted by Crippen LogP contribution is 2.23. The standard InChI is InChI=1S/C24H28N2O4S/c1-24(2,3)20-10-12-22(13-11-20)31(28,29)26-17-18-6-8-19(9-7-18)23(27)25-15-14-21-5-4-16-30-21/h4-13,16,26H,14-15,17H2,1-3H3,(H,25,27). The number of rotatable bonds is 8. The number of nitrogens with one attached hydrogen (secondary N) is 2. The van der Waals surface area contributed by atoms with Crippen molar-refractivity contribution in [2.45, 2.75) is 44.0 Å². The molecule has 0 aliphatic carbocycles. The molecule has 0 unspecified atom stereocenters. The maximum Gasteiger partial charge on any atom is 0.251 e. The Bertz CT molecular complexity index is 1100. The first-order valence-corrected chi connectivity index (χ1v) is 11.6. The first-order chi connectivity index (χ1) is 14.6. The molecule has 0 aliphatic heterocycles. The number of benzene rings is 2. The minimum absolute atomic E-state index is 0.0392. The van der Waals surface area contributed by atoms with Crippen molar-refractivity contribution < 1.29 is 17.6 Å². The van der Waals surface area contributed by atoms with E-state index >= 15 is 0 Å². The van der Waals surface area contributed by atoms with Gasteiger partial charge in [-0.3, -0.25) is 4.79 Å². The maximum atomic E-state index is 12.6. The summed E-state index contributed by atoms with van der Waals surface area (Å²) < 4.78 is 33.0. The Morgan fingerprint density at radius 3 is 2.23 bits per heavy atom. The van der Waals surface area contributed by atoms with E-state index < -0.39 is 10.0 Å². The molecule has 0 bridgehead atoms. The third-order valence-corrected chi connectivity index (χ3v) is 6.37. The summed E-state index contributed by atoms with van der Waals surface area (Å²) in [6.45, 7) is 6.86. The second-order valence-corrected chi connectivity index (χ2v) is 10.1. The molecule has 0 atom stereocenters. The van der Waals surface area contributed by atoms with Gasteiger partial charge in [-0.2, -0.15) is 0 Å². The van der Waals surface area contributed by atoms with Gasteiger partial charge in [-0.25, -0.2) is 13.1 Å². The Kier molecular flexibility index (Phi) is 6.97. The fourth-order valence-electron chi connectivity index (χ4n) is 3.03. The number of hydrogen-bond donors (Lipinski definition) is 2. The van der Waals surface area contributed by atoms with Crippen LogP contribution in [0.2, 0.25) is 0 Å². The third kappa shape index (κ3) is 6.29. The van der Waals surface area contributed by atoms with Crippen LogP contribution in [0.1, 0.15) is 48.0 Å². The van der Waals surface area contributed by atoms with Gasteiger partial charge in [-0.05, 0) is 52.9 Å². The molecule has 1 amide bonds. The van der Waals surface area contributed by atoms with E-state index in [1.807, 2.05) is 24.3 Å². The molecule has 0 saturated carbocycles. The predicted octanol–water partition coefficient (Wildman–Crippen LogP) is 4.03. The molecule has 0 saturated heterocycles. The zero-order chi connectivity index (χ0) is 22.5. The van der Waals surface area contributed by atoms with Gasteiger partial charge in [0, 0.05) is 25.1 Å². The number of amides is 1. The van der Waals surface area contributed by atoms with Crippen LogP contribution in [0.4, 0.5) is 0 Å². The van der Waals surface area contributed by atoms with Crippen LogP contribution in [0.25, 0.3) is 0 Å². The third-order valence-electron chi connectivity index (χ3n) is 4.95. The number of furan rings is 1. The molecule has 3 aromatic rings. The van der Waals surface area contributed by atoms with Gasteiger partial charge in [0.2, 0.25) is 10.0 Å². The van der Waals surface area contributed by atoms with Gasteiger partial charge in [0.25, 0.3) is 5.91 Å². The van der Waals surface area contributed by atoms with Gasteiger partial charge in [0.15, 0.2) is 0 Å². The molecule has 1 aromatic heterocycles. The van der Waals surface area contributed by atoms with E-state index in [0.717, 1.165) is 16.9 Å². The molecule has 1 heterocycles. The second-order valence-electron chi connectivity index (χ2n) is 8.38. The Morgan fingerprint density at radius 2 is 1.65 bits per heavy atom. The van der Waals surface area contributed by atoms with E-state index in [1.54, 1.807) is 42.7 Å². The summed E-state index contributed by atoms with van der Waals surface area (Å²) in [5, 5.41) is 2.84. The van der Waals surface area contributed by atoms with E-state index in [0.29, 0.717) is 18.5 Å². The fraction of sp³-hybridized carbons (Fsp3) is 0.292. The van der Waals surface area contributed by atoms with Crippen molar-refractivity contribution in [1.82, 2.24) is 10.0 Å². The topological polar surface area (TPSA) is 88.4 Å². The minimum atomic E-state index is -3.62. The molecule has 0 aliphatic rings. The lowest BCUT2D eigenvalue weighted by atomic mass is 9.87. The minimum Gasteiger partial charge on any atom is -0.469 e. The van der Waals surface area contributed by atoms with Crippen molar-refractivity contribution in [3.63, 3.8) is 0 Å². The Balaban J connectivity index is 1.53. The first kappa shape index (κ1) is 22.8. The van der Waals surface area contributed by atoms with E-state index in [1.165, 1.54) is 0 Å². The van der Waals surface area contributed by atoms with Crippen molar-refractivity contribution in [3.05, 3.63) is 89.4 Å². The first-order valence-electron chi connectivity index (χ1n) is 10.1. The van der Waals surface area contributed by atoms with Crippen LogP contribution in [0.15, 0.2) is 76.2 Å². The average molecular weight is 441 g/mol. The largest absolute Gasteiger partial charge is 0.469 e. The molecule has 2 N–H and O–H groups in total. The average Bonchev–Trinajstić information content (AvgIpc) is 3.26. The monoisotopic (exact) mass is 440 g/mol. The fourth-order valence-corrected chi connectivity index (χ4v) is 4.04. The van der Waals surface area contributed by atoms with E-state index in [2.05, 4.69) is 30.8 Å². The summed E-state index contributed by atoms with van der Waals surface area (Å²) in [6, 6.07) is 17.5. The lowest BCUT2D eigenvalue weighted by molar-refractivity contribution is 0.0953. The highest BCUT2D eigenvalue weighted by molar-refractivity contribution is 7.89. The number of sulfonamides is 1. The Morgan fingerprint density at radius 1 is 0.968 bits per heavy atom. The quantitative estimate of drug-likeness (QED) is 0.554. The molecule has 2 aromatic carbocycles. The molecule has 0 radical (unpaired) electrons. The van der Waals surface area contributed by atoms with E-state index in [-0.39, 0.29) is 22.8 Å². The smallest absolute Gasteiger partial charge is 0.251 e. The summed E-state index contributed by atoms with van der Waals surface area (Å²) in [4.78, 5) is 12.5. The van der Waals surface area contributed by atoms with Crippen molar-refractivity contribution >= 4 is 15.9 Å². The van der Waals surface area contributed by atoms with E-state index in [4.69, 9.17) is 4.42 Å². The van der Waals surface area contributed by atoms with Crippen LogP contribution in [0.3, 0.4) is 0 Å². The zero-order valence-corrected chi connectivity index (χ0v) is 18.8. The van der Waals surface area contributed by atoms with Crippen LogP contribution in [-0.2, 0) is 28.4 Å². The van der Waals surface area contributed by atoms with Gasteiger partial charge < -0.3 is 9.73 Å². The second kappa shape index (κ2) is 9.49. The molecule has 0 spiro atoms. The van der Waals surface area contributed by atoms with Crippen LogP contribution >= 0.6 is 0 Å². The van der Waals surface area contributed by atoms with Gasteiger partial charge >= 0.3 is 0 Å². The highest BCUT2D eigenvalue weighted by atomic mass is 32.2. The van der Waals surface area contributed by atoms with Crippen LogP contribution in [-0.4, -0.2) is 20.9 Å². The van der Waals surface area contributed by atoms with Gasteiger partial charge in [-0.1, -0.05) is 45.0 Å². The number of hydrogen-bond acceptors (Lipinski definition) is 4. The van der Waals surface area contributed by atoms with Gasteiger partial charge in [0.05, 0.1) is 11.2 Å². The molecular formula is C24H28N2O4S.